The predicted molar refractivity (Wildman–Crippen MR) is 112 cm³/mol. The molecule has 0 spiro atoms. The van der Waals surface area contributed by atoms with Gasteiger partial charge in [0.2, 0.25) is 5.91 Å². The number of carbonyl (C=O) groups excluding carboxylic acids is 1. The van der Waals surface area contributed by atoms with Crippen molar-refractivity contribution in [2.45, 2.75) is 13.0 Å². The third-order valence-corrected chi connectivity index (χ3v) is 5.01. The van der Waals surface area contributed by atoms with E-state index in [4.69, 9.17) is 15.6 Å². The van der Waals surface area contributed by atoms with E-state index in [1.54, 1.807) is 23.9 Å². The van der Waals surface area contributed by atoms with Crippen LogP contribution >= 0.6 is 0 Å². The van der Waals surface area contributed by atoms with E-state index in [-0.39, 0.29) is 19.0 Å². The van der Waals surface area contributed by atoms with Crippen LogP contribution in [0.4, 0.5) is 5.69 Å². The molecule has 0 unspecified atom stereocenters. The number of hydrogen-bond acceptors (Lipinski definition) is 6. The first kappa shape index (κ1) is 19.8. The molecule has 1 aliphatic rings. The number of rotatable bonds is 7. The minimum Gasteiger partial charge on any atom is -0.504 e. The zero-order valence-corrected chi connectivity index (χ0v) is 16.5. The summed E-state index contributed by atoms with van der Waals surface area (Å²) in [5.41, 5.74) is 10.8. The quantitative estimate of drug-likeness (QED) is 0.519. The maximum Gasteiger partial charge on any atom is 0.248 e. The van der Waals surface area contributed by atoms with E-state index < -0.39 is 5.91 Å². The summed E-state index contributed by atoms with van der Waals surface area (Å²) in [4.78, 5) is 16.0. The first-order valence-corrected chi connectivity index (χ1v) is 9.52. The smallest absolute Gasteiger partial charge is 0.248 e. The van der Waals surface area contributed by atoms with Crippen LogP contribution < -0.4 is 5.73 Å². The van der Waals surface area contributed by atoms with E-state index >= 15 is 0 Å². The SMILES string of the molecule is Cn1nc(-c2ccc(COCCO)cc2)c(O)c1C1=Nc2cc(C(N)=O)ccc2C1. The number of carbonyl (C=O) groups is 1. The maximum absolute atomic E-state index is 11.4. The molecule has 1 amide bonds. The minimum absolute atomic E-state index is 0.0136. The van der Waals surface area contributed by atoms with Crippen LogP contribution in [0.1, 0.15) is 27.2 Å². The van der Waals surface area contributed by atoms with E-state index in [1.807, 2.05) is 30.3 Å². The lowest BCUT2D eigenvalue weighted by molar-refractivity contribution is 0.0815. The molecule has 4 N–H and O–H groups in total. The summed E-state index contributed by atoms with van der Waals surface area (Å²) in [6.45, 7) is 0.681. The highest BCUT2D eigenvalue weighted by Crippen LogP contribution is 2.36. The lowest BCUT2D eigenvalue weighted by Gasteiger charge is -2.04. The second-order valence-electron chi connectivity index (χ2n) is 7.09. The maximum atomic E-state index is 11.4. The number of aliphatic hydroxyl groups is 1. The number of nitrogens with two attached hydrogens (primary N) is 1. The van der Waals surface area contributed by atoms with Gasteiger partial charge in [0.05, 0.1) is 31.2 Å². The van der Waals surface area contributed by atoms with Crippen LogP contribution in [0.5, 0.6) is 5.75 Å². The van der Waals surface area contributed by atoms with Gasteiger partial charge in [-0.1, -0.05) is 30.3 Å². The summed E-state index contributed by atoms with van der Waals surface area (Å²) in [6, 6.07) is 12.7. The van der Waals surface area contributed by atoms with Gasteiger partial charge in [-0.3, -0.25) is 14.5 Å². The van der Waals surface area contributed by atoms with Crippen LogP contribution in [-0.2, 0) is 24.8 Å². The Morgan fingerprint density at radius 3 is 2.70 bits per heavy atom. The molecule has 4 rings (SSSR count). The number of ether oxygens (including phenoxy) is 1. The number of aliphatic hydroxyl groups excluding tert-OH is 1. The normalized spacial score (nSPS) is 12.7. The molecule has 154 valence electrons. The van der Waals surface area contributed by atoms with Crippen molar-refractivity contribution in [1.29, 1.82) is 0 Å². The Balaban J connectivity index is 1.61. The lowest BCUT2D eigenvalue weighted by Crippen LogP contribution is -2.10. The van der Waals surface area contributed by atoms with Gasteiger partial charge in [-0.25, -0.2) is 0 Å². The van der Waals surface area contributed by atoms with Gasteiger partial charge in [0.25, 0.3) is 0 Å². The third kappa shape index (κ3) is 3.70. The summed E-state index contributed by atoms with van der Waals surface area (Å²) in [7, 11) is 1.76. The monoisotopic (exact) mass is 406 g/mol. The van der Waals surface area contributed by atoms with Crippen molar-refractivity contribution in [3.8, 4) is 17.0 Å². The standard InChI is InChI=1S/C22H22N4O4/c1-26-20(18-10-15-6-7-16(22(23)29)11-17(15)24-18)21(28)19(25-26)14-4-2-13(3-5-14)12-30-9-8-27/h2-7,11,27-28H,8-10,12H2,1H3,(H2,23,29). The molecular formula is C22H22N4O4. The van der Waals surface area contributed by atoms with E-state index in [0.717, 1.165) is 16.7 Å². The molecule has 8 nitrogen and oxygen atoms in total. The summed E-state index contributed by atoms with van der Waals surface area (Å²) >= 11 is 0. The minimum atomic E-state index is -0.502. The molecular weight excluding hydrogens is 384 g/mol. The Hall–Kier alpha value is -3.49. The van der Waals surface area contributed by atoms with Crippen molar-refractivity contribution in [2.24, 2.45) is 17.8 Å². The van der Waals surface area contributed by atoms with Gasteiger partial charge in [0, 0.05) is 24.6 Å². The molecule has 3 aromatic rings. The number of aromatic hydroxyl groups is 1. The lowest BCUT2D eigenvalue weighted by atomic mass is 10.0. The number of hydrogen-bond donors (Lipinski definition) is 3. The Bertz CT molecular complexity index is 1130. The Labute approximate surface area is 173 Å². The number of aryl methyl sites for hydroxylation is 1. The van der Waals surface area contributed by atoms with Crippen molar-refractivity contribution < 1.29 is 19.7 Å². The van der Waals surface area contributed by atoms with Crippen molar-refractivity contribution in [1.82, 2.24) is 9.78 Å². The molecule has 1 aromatic heterocycles. The van der Waals surface area contributed by atoms with Crippen molar-refractivity contribution in [3.05, 3.63) is 64.8 Å². The van der Waals surface area contributed by atoms with E-state index in [9.17, 15) is 9.90 Å². The zero-order chi connectivity index (χ0) is 21.3. The van der Waals surface area contributed by atoms with Gasteiger partial charge in [-0.2, -0.15) is 5.10 Å². The number of primary amides is 1. The summed E-state index contributed by atoms with van der Waals surface area (Å²) in [5.74, 6) is -0.444. The first-order valence-electron chi connectivity index (χ1n) is 9.52. The molecule has 0 bridgehead atoms. The van der Waals surface area contributed by atoms with Crippen LogP contribution in [0.15, 0.2) is 47.5 Å². The van der Waals surface area contributed by atoms with E-state index in [2.05, 4.69) is 10.1 Å². The fourth-order valence-corrected chi connectivity index (χ4v) is 3.52. The Kier molecular flexibility index (Phi) is 5.35. The molecule has 2 aromatic carbocycles. The molecule has 8 heteroatoms. The fourth-order valence-electron chi connectivity index (χ4n) is 3.52. The van der Waals surface area contributed by atoms with Crippen LogP contribution in [0.2, 0.25) is 0 Å². The predicted octanol–water partition coefficient (Wildman–Crippen LogP) is 2.08. The highest BCUT2D eigenvalue weighted by Gasteiger charge is 2.25. The van der Waals surface area contributed by atoms with Gasteiger partial charge < -0.3 is 20.7 Å². The van der Waals surface area contributed by atoms with Crippen molar-refractivity contribution in [3.63, 3.8) is 0 Å². The second-order valence-corrected chi connectivity index (χ2v) is 7.09. The number of aliphatic imine (C=N–C) groups is 1. The van der Waals surface area contributed by atoms with Crippen LogP contribution in [0, 0.1) is 0 Å². The molecule has 0 radical (unpaired) electrons. The number of fused-ring (bicyclic) bond motifs is 1. The molecule has 30 heavy (non-hydrogen) atoms. The fraction of sp³-hybridized carbons (Fsp3) is 0.227. The average Bonchev–Trinajstić information content (AvgIpc) is 3.27. The zero-order valence-electron chi connectivity index (χ0n) is 16.5. The highest BCUT2D eigenvalue weighted by molar-refractivity contribution is 6.08. The molecule has 0 saturated carbocycles. The number of aromatic nitrogens is 2. The average molecular weight is 406 g/mol. The second kappa shape index (κ2) is 8.10. The summed E-state index contributed by atoms with van der Waals surface area (Å²) in [6.07, 6.45) is 0.530. The van der Waals surface area contributed by atoms with E-state index in [0.29, 0.717) is 41.4 Å². The number of nitrogens with zero attached hydrogens (tertiary/aromatic N) is 3. The molecule has 1 aliphatic heterocycles. The van der Waals surface area contributed by atoms with Gasteiger partial charge in [-0.15, -0.1) is 0 Å². The summed E-state index contributed by atoms with van der Waals surface area (Å²) < 4.78 is 6.93. The van der Waals surface area contributed by atoms with Crippen LogP contribution in [-0.4, -0.2) is 44.8 Å². The third-order valence-electron chi connectivity index (χ3n) is 5.01. The number of benzene rings is 2. The van der Waals surface area contributed by atoms with Crippen LogP contribution in [0.25, 0.3) is 11.3 Å². The topological polar surface area (TPSA) is 123 Å². The Morgan fingerprint density at radius 1 is 1.23 bits per heavy atom. The molecule has 2 heterocycles. The first-order chi connectivity index (χ1) is 14.5. The van der Waals surface area contributed by atoms with Gasteiger partial charge >= 0.3 is 0 Å². The van der Waals surface area contributed by atoms with E-state index in [1.165, 1.54) is 0 Å². The van der Waals surface area contributed by atoms with Gasteiger partial charge in [-0.05, 0) is 23.3 Å². The van der Waals surface area contributed by atoms with Crippen molar-refractivity contribution >= 4 is 17.3 Å². The van der Waals surface area contributed by atoms with Gasteiger partial charge in [0.15, 0.2) is 5.75 Å². The molecule has 0 saturated heterocycles. The summed E-state index contributed by atoms with van der Waals surface area (Å²) in [5, 5.41) is 24.2. The largest absolute Gasteiger partial charge is 0.504 e. The highest BCUT2D eigenvalue weighted by atomic mass is 16.5. The molecule has 0 aliphatic carbocycles. The van der Waals surface area contributed by atoms with Crippen LogP contribution in [0.3, 0.4) is 0 Å². The van der Waals surface area contributed by atoms with Crippen molar-refractivity contribution in [2.75, 3.05) is 13.2 Å². The van der Waals surface area contributed by atoms with Gasteiger partial charge in [0.1, 0.15) is 11.4 Å². The number of amides is 1. The Morgan fingerprint density at radius 2 is 2.00 bits per heavy atom. The molecule has 0 atom stereocenters. The molecule has 0 fully saturated rings.